The SMILES string of the molecule is CCc1ccccc1N(C(C)=O)c1nc(CSc2nc(C)c(C(C)=O)cc2C#N)cs1. The van der Waals surface area contributed by atoms with Crippen LogP contribution in [0.25, 0.3) is 0 Å². The number of carbonyl (C=O) groups excluding carboxylic acids is 2. The van der Waals surface area contributed by atoms with Crippen LogP contribution in [0.15, 0.2) is 40.7 Å². The number of hydrogen-bond donors (Lipinski definition) is 0. The van der Waals surface area contributed by atoms with Gasteiger partial charge in [-0.25, -0.2) is 9.97 Å². The first-order valence-corrected chi connectivity index (χ1v) is 11.6. The van der Waals surface area contributed by atoms with Crippen LogP contribution in [0.4, 0.5) is 10.8 Å². The topological polar surface area (TPSA) is 87.0 Å². The second-order valence-corrected chi connectivity index (χ2v) is 8.69. The van der Waals surface area contributed by atoms with Crippen LogP contribution in [-0.4, -0.2) is 21.7 Å². The van der Waals surface area contributed by atoms with Crippen molar-refractivity contribution in [3.8, 4) is 6.07 Å². The summed E-state index contributed by atoms with van der Waals surface area (Å²) in [5.41, 5.74) is 4.15. The van der Waals surface area contributed by atoms with Gasteiger partial charge >= 0.3 is 0 Å². The molecule has 0 aliphatic rings. The summed E-state index contributed by atoms with van der Waals surface area (Å²) >= 11 is 2.80. The monoisotopic (exact) mass is 450 g/mol. The van der Waals surface area contributed by atoms with E-state index in [0.717, 1.165) is 23.4 Å². The number of rotatable bonds is 7. The maximum Gasteiger partial charge on any atom is 0.230 e. The Morgan fingerprint density at radius 3 is 2.61 bits per heavy atom. The number of nitrogens with zero attached hydrogens (tertiary/aromatic N) is 4. The van der Waals surface area contributed by atoms with E-state index in [2.05, 4.69) is 23.0 Å². The summed E-state index contributed by atoms with van der Waals surface area (Å²) in [6, 6.07) is 11.5. The van der Waals surface area contributed by atoms with Crippen LogP contribution in [0.3, 0.4) is 0 Å². The van der Waals surface area contributed by atoms with Gasteiger partial charge in [-0.05, 0) is 38.0 Å². The first kappa shape index (κ1) is 22.7. The Morgan fingerprint density at radius 1 is 1.23 bits per heavy atom. The highest BCUT2D eigenvalue weighted by atomic mass is 32.2. The Bertz CT molecular complexity index is 1180. The first-order chi connectivity index (χ1) is 14.8. The molecule has 0 saturated carbocycles. The van der Waals surface area contributed by atoms with Gasteiger partial charge in [0.15, 0.2) is 10.9 Å². The van der Waals surface area contributed by atoms with E-state index in [1.807, 2.05) is 29.6 Å². The van der Waals surface area contributed by atoms with E-state index in [-0.39, 0.29) is 11.7 Å². The van der Waals surface area contributed by atoms with E-state index in [4.69, 9.17) is 0 Å². The van der Waals surface area contributed by atoms with E-state index in [9.17, 15) is 14.9 Å². The zero-order valence-electron chi connectivity index (χ0n) is 17.8. The molecule has 0 fully saturated rings. The lowest BCUT2D eigenvalue weighted by Crippen LogP contribution is -2.23. The summed E-state index contributed by atoms with van der Waals surface area (Å²) in [4.78, 5) is 34.9. The normalized spacial score (nSPS) is 10.5. The van der Waals surface area contributed by atoms with E-state index in [0.29, 0.717) is 32.7 Å². The van der Waals surface area contributed by atoms with Crippen molar-refractivity contribution in [2.45, 2.75) is 44.9 Å². The molecule has 1 aromatic carbocycles. The molecule has 0 spiro atoms. The van der Waals surface area contributed by atoms with Gasteiger partial charge in [0, 0.05) is 29.3 Å². The number of para-hydroxylation sites is 1. The number of anilines is 2. The Hall–Kier alpha value is -3.02. The third-order valence-electron chi connectivity index (χ3n) is 4.69. The van der Waals surface area contributed by atoms with Crippen molar-refractivity contribution in [3.05, 3.63) is 63.8 Å². The average Bonchev–Trinajstić information content (AvgIpc) is 3.20. The summed E-state index contributed by atoms with van der Waals surface area (Å²) < 4.78 is 0. The van der Waals surface area contributed by atoms with Crippen LogP contribution in [0, 0.1) is 18.3 Å². The van der Waals surface area contributed by atoms with Gasteiger partial charge in [0.1, 0.15) is 11.1 Å². The minimum Gasteiger partial charge on any atom is -0.294 e. The van der Waals surface area contributed by atoms with Crippen LogP contribution in [-0.2, 0) is 17.0 Å². The molecule has 0 bridgehead atoms. The van der Waals surface area contributed by atoms with Crippen LogP contribution in [0.2, 0.25) is 0 Å². The summed E-state index contributed by atoms with van der Waals surface area (Å²) in [6.45, 7) is 6.82. The van der Waals surface area contributed by atoms with Crippen LogP contribution < -0.4 is 4.90 Å². The Kier molecular flexibility index (Phi) is 7.21. The van der Waals surface area contributed by atoms with E-state index < -0.39 is 0 Å². The van der Waals surface area contributed by atoms with Crippen molar-refractivity contribution in [1.82, 2.24) is 9.97 Å². The number of carbonyl (C=O) groups is 2. The first-order valence-electron chi connectivity index (χ1n) is 9.74. The largest absolute Gasteiger partial charge is 0.294 e. The molecule has 0 N–H and O–H groups in total. The summed E-state index contributed by atoms with van der Waals surface area (Å²) in [5, 5.41) is 12.5. The zero-order valence-corrected chi connectivity index (χ0v) is 19.4. The maximum absolute atomic E-state index is 12.4. The fourth-order valence-corrected chi connectivity index (χ4v) is 5.05. The number of nitriles is 1. The van der Waals surface area contributed by atoms with Crippen molar-refractivity contribution in [2.24, 2.45) is 0 Å². The van der Waals surface area contributed by atoms with Crippen molar-refractivity contribution < 1.29 is 9.59 Å². The highest BCUT2D eigenvalue weighted by Gasteiger charge is 2.20. The number of thiazole rings is 1. The third kappa shape index (κ3) is 5.01. The number of aryl methyl sites for hydroxylation is 2. The number of hydrogen-bond acceptors (Lipinski definition) is 7. The average molecular weight is 451 g/mol. The Morgan fingerprint density at radius 2 is 1.97 bits per heavy atom. The maximum atomic E-state index is 12.4. The second-order valence-electron chi connectivity index (χ2n) is 6.89. The molecular weight excluding hydrogens is 428 g/mol. The quantitative estimate of drug-likeness (QED) is 0.351. The molecule has 8 heteroatoms. The van der Waals surface area contributed by atoms with Crippen molar-refractivity contribution in [2.75, 3.05) is 4.90 Å². The lowest BCUT2D eigenvalue weighted by molar-refractivity contribution is -0.115. The molecule has 0 unspecified atom stereocenters. The van der Waals surface area contributed by atoms with Gasteiger partial charge in [0.25, 0.3) is 0 Å². The van der Waals surface area contributed by atoms with Gasteiger partial charge in [0.05, 0.1) is 16.9 Å². The van der Waals surface area contributed by atoms with Gasteiger partial charge < -0.3 is 0 Å². The third-order valence-corrected chi connectivity index (χ3v) is 6.59. The molecule has 0 atom stereocenters. The highest BCUT2D eigenvalue weighted by Crippen LogP contribution is 2.33. The van der Waals surface area contributed by atoms with Crippen LogP contribution in [0.5, 0.6) is 0 Å². The fraction of sp³-hybridized carbons (Fsp3) is 0.261. The number of Topliss-reactive ketones (excluding diaryl/α,β-unsaturated/α-hetero) is 1. The van der Waals surface area contributed by atoms with Crippen molar-refractivity contribution >= 4 is 45.6 Å². The molecule has 0 radical (unpaired) electrons. The van der Waals surface area contributed by atoms with Crippen LogP contribution in [0.1, 0.15) is 53.6 Å². The van der Waals surface area contributed by atoms with Crippen LogP contribution >= 0.6 is 23.1 Å². The molecule has 0 aliphatic heterocycles. The number of aromatic nitrogens is 2. The highest BCUT2D eigenvalue weighted by molar-refractivity contribution is 7.98. The summed E-state index contributed by atoms with van der Waals surface area (Å²) in [6.07, 6.45) is 0.812. The minimum atomic E-state index is -0.112. The minimum absolute atomic E-state index is 0.0988. The van der Waals surface area contributed by atoms with Crippen molar-refractivity contribution in [1.29, 1.82) is 5.26 Å². The van der Waals surface area contributed by atoms with E-state index >= 15 is 0 Å². The molecule has 3 rings (SSSR count). The van der Waals surface area contributed by atoms with Gasteiger partial charge in [-0.3, -0.25) is 14.5 Å². The predicted octanol–water partition coefficient (Wildman–Crippen LogP) is 5.46. The molecule has 3 aromatic rings. The number of amides is 1. The molecule has 2 aromatic heterocycles. The van der Waals surface area contributed by atoms with Gasteiger partial charge in [-0.2, -0.15) is 5.26 Å². The summed E-state index contributed by atoms with van der Waals surface area (Å²) in [7, 11) is 0. The molecule has 2 heterocycles. The van der Waals surface area contributed by atoms with Gasteiger partial charge in [0.2, 0.25) is 5.91 Å². The number of ketones is 1. The smallest absolute Gasteiger partial charge is 0.230 e. The van der Waals surface area contributed by atoms with Gasteiger partial charge in [-0.1, -0.05) is 36.9 Å². The van der Waals surface area contributed by atoms with Gasteiger partial charge in [-0.15, -0.1) is 11.3 Å². The molecule has 1 amide bonds. The molecular formula is C23H22N4O2S2. The number of benzene rings is 1. The zero-order chi connectivity index (χ0) is 22.5. The Balaban J connectivity index is 1.85. The molecule has 31 heavy (non-hydrogen) atoms. The summed E-state index contributed by atoms with van der Waals surface area (Å²) in [5.74, 6) is 0.287. The van der Waals surface area contributed by atoms with E-state index in [1.54, 1.807) is 17.9 Å². The molecule has 0 saturated heterocycles. The molecule has 158 valence electrons. The number of pyridine rings is 1. The number of thioether (sulfide) groups is 1. The molecule has 6 nitrogen and oxygen atoms in total. The van der Waals surface area contributed by atoms with Crippen molar-refractivity contribution in [3.63, 3.8) is 0 Å². The van der Waals surface area contributed by atoms with E-state index in [1.165, 1.54) is 36.9 Å². The predicted molar refractivity (Wildman–Crippen MR) is 124 cm³/mol. The Labute approximate surface area is 190 Å². The second kappa shape index (κ2) is 9.86. The molecule has 0 aliphatic carbocycles. The standard InChI is InChI=1S/C23H22N4O2S2/c1-5-17-8-6-7-9-21(17)27(16(4)29)23-26-19(13-31-23)12-30-22-18(11-24)10-20(15(3)28)14(2)25-22/h6-10,13H,5,12H2,1-4H3. The lowest BCUT2D eigenvalue weighted by Gasteiger charge is -2.20. The lowest BCUT2D eigenvalue weighted by atomic mass is 10.1. The fourth-order valence-electron chi connectivity index (χ4n) is 3.17.